The molecule has 2 heterocycles. The molecule has 0 bridgehead atoms. The van der Waals surface area contributed by atoms with Crippen molar-refractivity contribution in [3.8, 4) is 0 Å². The molecule has 0 saturated carbocycles. The van der Waals surface area contributed by atoms with Crippen molar-refractivity contribution in [2.75, 3.05) is 20.1 Å². The summed E-state index contributed by atoms with van der Waals surface area (Å²) in [7, 11) is 1.65. The molecule has 2 fully saturated rings. The van der Waals surface area contributed by atoms with E-state index in [9.17, 15) is 9.59 Å². The lowest BCUT2D eigenvalue weighted by atomic mass is 9.88. The third kappa shape index (κ3) is 2.76. The molecule has 0 aromatic rings. The van der Waals surface area contributed by atoms with Crippen molar-refractivity contribution in [1.82, 2.24) is 15.5 Å². The molecule has 1 spiro atoms. The maximum atomic E-state index is 11.9. The van der Waals surface area contributed by atoms with Crippen molar-refractivity contribution in [1.29, 1.82) is 0 Å². The van der Waals surface area contributed by atoms with E-state index in [2.05, 4.69) is 29.4 Å². The van der Waals surface area contributed by atoms with Crippen molar-refractivity contribution in [2.45, 2.75) is 52.1 Å². The van der Waals surface area contributed by atoms with Crippen LogP contribution < -0.4 is 10.6 Å². The van der Waals surface area contributed by atoms with Crippen LogP contribution >= 0.6 is 0 Å². The topological polar surface area (TPSA) is 61.4 Å². The lowest BCUT2D eigenvalue weighted by molar-refractivity contribution is -0.144. The Morgan fingerprint density at radius 2 is 2.16 bits per heavy atom. The third-order valence-electron chi connectivity index (χ3n) is 3.83. The standard InChI is InChI=1S/C12H21N3O2.C2H6/c1-8(2)6-15-9(10(16)13-3)4-5-12(15)7-14-11(12)17;1-2/h8-9H,4-7H2,1-3H3,(H,13,16)(H,14,17);1-2H3. The van der Waals surface area contributed by atoms with E-state index >= 15 is 0 Å². The maximum Gasteiger partial charge on any atom is 0.242 e. The van der Waals surface area contributed by atoms with Crippen LogP contribution in [0.2, 0.25) is 0 Å². The highest BCUT2D eigenvalue weighted by Crippen LogP contribution is 2.38. The normalized spacial score (nSPS) is 29.6. The van der Waals surface area contributed by atoms with Gasteiger partial charge in [-0.1, -0.05) is 27.7 Å². The van der Waals surface area contributed by atoms with E-state index in [0.29, 0.717) is 12.5 Å². The number of nitrogens with zero attached hydrogens (tertiary/aromatic N) is 1. The number of likely N-dealkylation sites (tertiary alicyclic amines) is 1. The number of carbonyl (C=O) groups excluding carboxylic acids is 2. The van der Waals surface area contributed by atoms with Crippen LogP contribution in [0.3, 0.4) is 0 Å². The second-order valence-electron chi connectivity index (χ2n) is 5.43. The number of likely N-dealkylation sites (N-methyl/N-ethyl adjacent to an activating group) is 1. The molecule has 2 saturated heterocycles. The molecule has 2 unspecified atom stereocenters. The average molecular weight is 269 g/mol. The molecule has 2 atom stereocenters. The van der Waals surface area contributed by atoms with E-state index in [1.165, 1.54) is 0 Å². The largest absolute Gasteiger partial charge is 0.358 e. The smallest absolute Gasteiger partial charge is 0.242 e. The molecule has 19 heavy (non-hydrogen) atoms. The zero-order valence-electron chi connectivity index (χ0n) is 12.7. The number of β-lactam (4-membered cyclic amide) rings is 1. The van der Waals surface area contributed by atoms with Gasteiger partial charge in [-0.3, -0.25) is 14.5 Å². The monoisotopic (exact) mass is 269 g/mol. The highest BCUT2D eigenvalue weighted by Gasteiger charge is 2.58. The molecular formula is C14H27N3O2. The van der Waals surface area contributed by atoms with Gasteiger partial charge >= 0.3 is 0 Å². The van der Waals surface area contributed by atoms with Crippen LogP contribution in [0.4, 0.5) is 0 Å². The molecule has 5 nitrogen and oxygen atoms in total. The lowest BCUT2D eigenvalue weighted by Gasteiger charge is -2.46. The number of amides is 2. The van der Waals surface area contributed by atoms with Crippen molar-refractivity contribution in [3.63, 3.8) is 0 Å². The molecule has 0 aromatic heterocycles. The van der Waals surface area contributed by atoms with Gasteiger partial charge in [0.15, 0.2) is 0 Å². The highest BCUT2D eigenvalue weighted by atomic mass is 16.2. The molecule has 2 N–H and O–H groups in total. The minimum absolute atomic E-state index is 0.0298. The van der Waals surface area contributed by atoms with Crippen LogP contribution in [0.1, 0.15) is 40.5 Å². The first-order chi connectivity index (χ1) is 9.01. The minimum atomic E-state index is -0.401. The molecule has 0 aromatic carbocycles. The van der Waals surface area contributed by atoms with Crippen LogP contribution in [0.25, 0.3) is 0 Å². The Labute approximate surface area is 116 Å². The quantitative estimate of drug-likeness (QED) is 0.743. The van der Waals surface area contributed by atoms with Gasteiger partial charge in [-0.05, 0) is 18.8 Å². The molecule has 110 valence electrons. The van der Waals surface area contributed by atoms with Crippen molar-refractivity contribution in [2.24, 2.45) is 5.92 Å². The summed E-state index contributed by atoms with van der Waals surface area (Å²) >= 11 is 0. The van der Waals surface area contributed by atoms with Crippen LogP contribution in [0.5, 0.6) is 0 Å². The van der Waals surface area contributed by atoms with Crippen LogP contribution in [0, 0.1) is 5.92 Å². The molecule has 2 aliphatic rings. The van der Waals surface area contributed by atoms with E-state index in [1.807, 2.05) is 13.8 Å². The summed E-state index contributed by atoms with van der Waals surface area (Å²) in [6.07, 6.45) is 1.57. The Morgan fingerprint density at radius 3 is 2.53 bits per heavy atom. The molecule has 2 rings (SSSR count). The summed E-state index contributed by atoms with van der Waals surface area (Å²) in [4.78, 5) is 25.8. The summed E-state index contributed by atoms with van der Waals surface area (Å²) in [6.45, 7) is 9.71. The van der Waals surface area contributed by atoms with Crippen LogP contribution in [-0.4, -0.2) is 48.4 Å². The Bertz CT molecular complexity index is 344. The molecule has 0 aliphatic carbocycles. The Hall–Kier alpha value is -1.10. The van der Waals surface area contributed by atoms with E-state index in [0.717, 1.165) is 19.4 Å². The number of hydrogen-bond donors (Lipinski definition) is 2. The predicted molar refractivity (Wildman–Crippen MR) is 75.7 cm³/mol. The van der Waals surface area contributed by atoms with E-state index < -0.39 is 5.54 Å². The van der Waals surface area contributed by atoms with Gasteiger partial charge in [0.05, 0.1) is 6.04 Å². The van der Waals surface area contributed by atoms with E-state index in [4.69, 9.17) is 0 Å². The second-order valence-corrected chi connectivity index (χ2v) is 5.43. The summed E-state index contributed by atoms with van der Waals surface area (Å²) in [5.74, 6) is 0.567. The van der Waals surface area contributed by atoms with Crippen molar-refractivity contribution in [3.05, 3.63) is 0 Å². The first-order valence-corrected chi connectivity index (χ1v) is 7.28. The summed E-state index contributed by atoms with van der Waals surface area (Å²) in [5, 5.41) is 5.51. The van der Waals surface area contributed by atoms with Crippen LogP contribution in [-0.2, 0) is 9.59 Å². The molecule has 2 amide bonds. The zero-order chi connectivity index (χ0) is 14.6. The number of nitrogens with one attached hydrogen (secondary N) is 2. The SMILES string of the molecule is CC.CNC(=O)C1CCC2(CNC2=O)N1CC(C)C. The van der Waals surface area contributed by atoms with Gasteiger partial charge in [0, 0.05) is 20.1 Å². The van der Waals surface area contributed by atoms with Gasteiger partial charge in [0.2, 0.25) is 11.8 Å². The van der Waals surface area contributed by atoms with E-state index in [-0.39, 0.29) is 17.9 Å². The summed E-state index contributed by atoms with van der Waals surface area (Å²) < 4.78 is 0. The second kappa shape index (κ2) is 6.37. The lowest BCUT2D eigenvalue weighted by Crippen LogP contribution is -2.72. The average Bonchev–Trinajstić information content (AvgIpc) is 2.79. The van der Waals surface area contributed by atoms with Crippen LogP contribution in [0.15, 0.2) is 0 Å². The number of carbonyl (C=O) groups is 2. The minimum Gasteiger partial charge on any atom is -0.358 e. The number of hydrogen-bond acceptors (Lipinski definition) is 3. The summed E-state index contributed by atoms with van der Waals surface area (Å²) in [6, 6.07) is -0.145. The fraction of sp³-hybridized carbons (Fsp3) is 0.857. The van der Waals surface area contributed by atoms with Gasteiger partial charge in [0.1, 0.15) is 5.54 Å². The van der Waals surface area contributed by atoms with E-state index in [1.54, 1.807) is 7.05 Å². The third-order valence-corrected chi connectivity index (χ3v) is 3.83. The Morgan fingerprint density at radius 1 is 1.53 bits per heavy atom. The first kappa shape index (κ1) is 16.0. The zero-order valence-corrected chi connectivity index (χ0v) is 12.7. The van der Waals surface area contributed by atoms with Gasteiger partial charge in [-0.25, -0.2) is 0 Å². The van der Waals surface area contributed by atoms with Gasteiger partial charge in [-0.2, -0.15) is 0 Å². The fourth-order valence-corrected chi connectivity index (χ4v) is 2.91. The Kier molecular flexibility index (Phi) is 5.35. The van der Waals surface area contributed by atoms with Gasteiger partial charge in [0.25, 0.3) is 0 Å². The number of rotatable bonds is 3. The highest BCUT2D eigenvalue weighted by molar-refractivity contribution is 5.94. The van der Waals surface area contributed by atoms with Gasteiger partial charge in [-0.15, -0.1) is 0 Å². The Balaban J connectivity index is 0.000000861. The van der Waals surface area contributed by atoms with Gasteiger partial charge < -0.3 is 10.6 Å². The maximum absolute atomic E-state index is 11.9. The molecule has 5 heteroatoms. The molecular weight excluding hydrogens is 242 g/mol. The predicted octanol–water partition coefficient (Wildman–Crippen LogP) is 0.748. The van der Waals surface area contributed by atoms with Crippen molar-refractivity contribution < 1.29 is 9.59 Å². The molecule has 0 radical (unpaired) electrons. The van der Waals surface area contributed by atoms with Crippen molar-refractivity contribution >= 4 is 11.8 Å². The summed E-state index contributed by atoms with van der Waals surface area (Å²) in [5.41, 5.74) is -0.401. The molecule has 2 aliphatic heterocycles. The first-order valence-electron chi connectivity index (χ1n) is 7.28. The fourth-order valence-electron chi connectivity index (χ4n) is 2.91.